The normalized spacial score (nSPS) is 22.8. The van der Waals surface area contributed by atoms with Gasteiger partial charge in [-0.3, -0.25) is 4.79 Å². The molecule has 24 heavy (non-hydrogen) atoms. The maximum absolute atomic E-state index is 13.9. The summed E-state index contributed by atoms with van der Waals surface area (Å²) >= 11 is 0. The molecule has 2 bridgehead atoms. The van der Waals surface area contributed by atoms with Crippen LogP contribution in [0.3, 0.4) is 0 Å². The van der Waals surface area contributed by atoms with Crippen LogP contribution in [0.15, 0.2) is 40.8 Å². The molecule has 0 radical (unpaired) electrons. The molecule has 3 heterocycles. The van der Waals surface area contributed by atoms with Crippen molar-refractivity contribution in [2.45, 2.75) is 31.3 Å². The Balaban J connectivity index is 0.00000169. The van der Waals surface area contributed by atoms with E-state index < -0.39 is 0 Å². The molecule has 2 aliphatic rings. The predicted octanol–water partition coefficient (Wildman–Crippen LogP) is 3.47. The largest absolute Gasteiger partial charge is 0.451 e. The Labute approximate surface area is 146 Å². The summed E-state index contributed by atoms with van der Waals surface area (Å²) in [6, 6.07) is 10.3. The molecule has 6 heteroatoms. The highest BCUT2D eigenvalue weighted by Crippen LogP contribution is 2.31. The van der Waals surface area contributed by atoms with Gasteiger partial charge in [0.05, 0.1) is 5.56 Å². The van der Waals surface area contributed by atoms with E-state index in [0.29, 0.717) is 17.1 Å². The van der Waals surface area contributed by atoms with Gasteiger partial charge in [-0.25, -0.2) is 4.39 Å². The first-order chi connectivity index (χ1) is 11.2. The molecule has 4 rings (SSSR count). The van der Waals surface area contributed by atoms with Crippen molar-refractivity contribution in [1.29, 1.82) is 0 Å². The highest BCUT2D eigenvalue weighted by molar-refractivity contribution is 5.93. The van der Waals surface area contributed by atoms with Gasteiger partial charge in [0.1, 0.15) is 11.6 Å². The minimum absolute atomic E-state index is 0. The lowest BCUT2D eigenvalue weighted by Gasteiger charge is -2.26. The van der Waals surface area contributed by atoms with Gasteiger partial charge in [0, 0.05) is 18.6 Å². The van der Waals surface area contributed by atoms with Crippen LogP contribution in [0.1, 0.15) is 29.8 Å². The number of hydrogen-bond donors (Lipinski definition) is 1. The Morgan fingerprint density at radius 3 is 2.75 bits per heavy atom. The topological polar surface area (TPSA) is 45.5 Å². The first-order valence-electron chi connectivity index (χ1n) is 8.12. The molecule has 2 atom stereocenters. The molecule has 2 fully saturated rings. The summed E-state index contributed by atoms with van der Waals surface area (Å²) in [4.78, 5) is 14.8. The fourth-order valence-corrected chi connectivity index (χ4v) is 3.70. The zero-order valence-corrected chi connectivity index (χ0v) is 14.0. The molecule has 2 aromatic rings. The molecule has 0 aliphatic carbocycles. The minimum Gasteiger partial charge on any atom is -0.451 e. The fourth-order valence-electron chi connectivity index (χ4n) is 3.70. The molecule has 2 unspecified atom stereocenters. The van der Waals surface area contributed by atoms with E-state index in [1.165, 1.54) is 6.07 Å². The number of hydrogen-bond acceptors (Lipinski definition) is 3. The van der Waals surface area contributed by atoms with Crippen molar-refractivity contribution in [3.8, 4) is 11.3 Å². The molecule has 2 saturated heterocycles. The molecule has 1 N–H and O–H groups in total. The second-order valence-electron chi connectivity index (χ2n) is 6.23. The maximum atomic E-state index is 13.9. The first-order valence-corrected chi connectivity index (χ1v) is 8.12. The van der Waals surface area contributed by atoms with Crippen LogP contribution >= 0.6 is 12.4 Å². The van der Waals surface area contributed by atoms with Gasteiger partial charge >= 0.3 is 0 Å². The third kappa shape index (κ3) is 2.94. The average molecular weight is 351 g/mol. The lowest BCUT2D eigenvalue weighted by Crippen LogP contribution is -2.42. The average Bonchev–Trinajstić information content (AvgIpc) is 3.11. The van der Waals surface area contributed by atoms with Crippen molar-refractivity contribution in [1.82, 2.24) is 10.2 Å². The van der Waals surface area contributed by atoms with Gasteiger partial charge in [0.2, 0.25) is 0 Å². The third-order valence-corrected chi connectivity index (χ3v) is 4.84. The maximum Gasteiger partial charge on any atom is 0.290 e. The van der Waals surface area contributed by atoms with Gasteiger partial charge < -0.3 is 14.6 Å². The van der Waals surface area contributed by atoms with Gasteiger partial charge in [-0.2, -0.15) is 0 Å². The Bertz CT molecular complexity index is 719. The van der Waals surface area contributed by atoms with Crippen LogP contribution in [0.5, 0.6) is 0 Å². The monoisotopic (exact) mass is 350 g/mol. The van der Waals surface area contributed by atoms with Crippen LogP contribution in [0.25, 0.3) is 11.3 Å². The summed E-state index contributed by atoms with van der Waals surface area (Å²) in [7, 11) is 0. The summed E-state index contributed by atoms with van der Waals surface area (Å²) in [5.74, 6) is 0.262. The van der Waals surface area contributed by atoms with E-state index in [1.807, 2.05) is 4.90 Å². The van der Waals surface area contributed by atoms with Crippen LogP contribution in [0.2, 0.25) is 0 Å². The van der Waals surface area contributed by atoms with Crippen molar-refractivity contribution in [3.63, 3.8) is 0 Å². The van der Waals surface area contributed by atoms with Crippen LogP contribution in [0.4, 0.5) is 4.39 Å². The standard InChI is InChI=1S/C18H19FN2O2.ClH/c19-15-4-2-1-3-14(15)16-7-8-17(23-16)18(22)21-12-5-6-13(21)11-20-10-9-12;/h1-4,7-8,12-13,20H,5-6,9-11H2;1H. The second-order valence-corrected chi connectivity index (χ2v) is 6.23. The first kappa shape index (κ1) is 17.0. The van der Waals surface area contributed by atoms with E-state index in [1.54, 1.807) is 30.3 Å². The summed E-state index contributed by atoms with van der Waals surface area (Å²) in [6.07, 6.45) is 3.06. The van der Waals surface area contributed by atoms with Crippen LogP contribution in [-0.4, -0.2) is 36.0 Å². The summed E-state index contributed by atoms with van der Waals surface area (Å²) in [5.41, 5.74) is 0.382. The van der Waals surface area contributed by atoms with E-state index in [4.69, 9.17) is 4.42 Å². The van der Waals surface area contributed by atoms with Crippen LogP contribution in [-0.2, 0) is 0 Å². The number of amides is 1. The van der Waals surface area contributed by atoms with Crippen molar-refractivity contribution in [3.05, 3.63) is 48.0 Å². The number of furan rings is 1. The Morgan fingerprint density at radius 2 is 1.92 bits per heavy atom. The van der Waals surface area contributed by atoms with E-state index in [-0.39, 0.29) is 36.2 Å². The van der Waals surface area contributed by atoms with Gasteiger partial charge in [0.25, 0.3) is 5.91 Å². The van der Waals surface area contributed by atoms with E-state index >= 15 is 0 Å². The Morgan fingerprint density at radius 1 is 1.12 bits per heavy atom. The zero-order chi connectivity index (χ0) is 15.8. The van der Waals surface area contributed by atoms with Crippen molar-refractivity contribution in [2.75, 3.05) is 13.1 Å². The number of fused-ring (bicyclic) bond motifs is 2. The van der Waals surface area contributed by atoms with E-state index in [9.17, 15) is 9.18 Å². The molecule has 0 saturated carbocycles. The number of nitrogens with one attached hydrogen (secondary N) is 1. The minimum atomic E-state index is -0.347. The molecule has 4 nitrogen and oxygen atoms in total. The molecule has 1 amide bonds. The second kappa shape index (κ2) is 6.95. The molecule has 1 aromatic carbocycles. The Kier molecular flexibility index (Phi) is 4.92. The molecular weight excluding hydrogens is 331 g/mol. The number of benzene rings is 1. The summed E-state index contributed by atoms with van der Waals surface area (Å²) in [5, 5.41) is 3.38. The third-order valence-electron chi connectivity index (χ3n) is 4.84. The number of carbonyl (C=O) groups is 1. The summed E-state index contributed by atoms with van der Waals surface area (Å²) in [6.45, 7) is 1.78. The number of nitrogens with zero attached hydrogens (tertiary/aromatic N) is 1. The fraction of sp³-hybridized carbons (Fsp3) is 0.389. The predicted molar refractivity (Wildman–Crippen MR) is 91.8 cm³/mol. The van der Waals surface area contributed by atoms with Gasteiger partial charge in [-0.1, -0.05) is 12.1 Å². The van der Waals surface area contributed by atoms with E-state index in [0.717, 1.165) is 32.4 Å². The lowest BCUT2D eigenvalue weighted by atomic mass is 10.1. The lowest BCUT2D eigenvalue weighted by molar-refractivity contribution is 0.0648. The van der Waals surface area contributed by atoms with Gasteiger partial charge in [-0.05, 0) is 50.1 Å². The molecular formula is C18H20ClFN2O2. The van der Waals surface area contributed by atoms with Gasteiger partial charge in [0.15, 0.2) is 5.76 Å². The number of rotatable bonds is 2. The highest BCUT2D eigenvalue weighted by atomic mass is 35.5. The van der Waals surface area contributed by atoms with Crippen molar-refractivity contribution >= 4 is 18.3 Å². The van der Waals surface area contributed by atoms with Crippen molar-refractivity contribution in [2.24, 2.45) is 0 Å². The quantitative estimate of drug-likeness (QED) is 0.902. The number of halogens is 2. The highest BCUT2D eigenvalue weighted by Gasteiger charge is 2.39. The SMILES string of the molecule is Cl.O=C(c1ccc(-c2ccccc2F)o1)N1C2CCNCC1CC2. The Hall–Kier alpha value is -1.85. The number of carbonyl (C=O) groups excluding carboxylic acids is 1. The zero-order valence-electron chi connectivity index (χ0n) is 13.2. The van der Waals surface area contributed by atoms with Gasteiger partial charge in [-0.15, -0.1) is 12.4 Å². The van der Waals surface area contributed by atoms with E-state index in [2.05, 4.69) is 5.32 Å². The molecule has 2 aliphatic heterocycles. The van der Waals surface area contributed by atoms with Crippen molar-refractivity contribution < 1.29 is 13.6 Å². The van der Waals surface area contributed by atoms with Crippen LogP contribution in [0, 0.1) is 5.82 Å². The molecule has 128 valence electrons. The molecule has 0 spiro atoms. The smallest absolute Gasteiger partial charge is 0.290 e. The molecule has 1 aromatic heterocycles. The van der Waals surface area contributed by atoms with Crippen LogP contribution < -0.4 is 5.32 Å². The summed E-state index contributed by atoms with van der Waals surface area (Å²) < 4.78 is 19.5.